The van der Waals surface area contributed by atoms with Gasteiger partial charge in [-0.15, -0.1) is 0 Å². The monoisotopic (exact) mass is 489 g/mol. The Bertz CT molecular complexity index is 876. The fourth-order valence-corrected chi connectivity index (χ4v) is 9.37. The predicted molar refractivity (Wildman–Crippen MR) is 160 cm³/mol. The smallest absolute Gasteiger partial charge is 0.0654 e. The zero-order valence-corrected chi connectivity index (χ0v) is 22.9. The lowest BCUT2D eigenvalue weighted by molar-refractivity contribution is 0.538. The summed E-state index contributed by atoms with van der Waals surface area (Å²) in [6.45, 7) is 2.27. The summed E-state index contributed by atoms with van der Waals surface area (Å²) < 4.78 is 17.8. The molecule has 0 saturated heterocycles. The Hall–Kier alpha value is -1.91. The third-order valence-corrected chi connectivity index (χ3v) is 11.6. The molecule has 3 rings (SSSR count). The van der Waals surface area contributed by atoms with Crippen molar-refractivity contribution in [2.24, 2.45) is 0 Å². The number of unbranched alkanes of at least 4 members (excludes halogenated alkanes) is 10. The Kier molecular flexibility index (Phi) is 11.8. The highest BCUT2D eigenvalue weighted by Crippen LogP contribution is 2.56. The first-order valence-corrected chi connectivity index (χ1v) is 16.1. The predicted octanol–water partition coefficient (Wildman–Crippen LogP) is 9.46. The van der Waals surface area contributed by atoms with E-state index in [1.165, 1.54) is 73.7 Å². The second kappa shape index (κ2) is 16.7. The van der Waals surface area contributed by atoms with Crippen LogP contribution in [0.1, 0.15) is 99.5 Å². The van der Waals surface area contributed by atoms with E-state index in [1.54, 1.807) is 0 Å². The van der Waals surface area contributed by atoms with Crippen molar-refractivity contribution >= 4 is 23.2 Å². The molecule has 0 aliphatic rings. The molecule has 3 aromatic rings. The lowest BCUT2D eigenvalue weighted by Crippen LogP contribution is -2.33. The van der Waals surface area contributed by atoms with E-state index in [1.807, 2.05) is 0 Å². The largest absolute Gasteiger partial charge is 0.112 e. The molecule has 0 atom stereocenters. The summed E-state index contributed by atoms with van der Waals surface area (Å²) in [6.07, 6.45) is 15.3. The standard InChI is InChI=1S/C34H48P/c1-2-3-4-5-6-7-8-9-10-11-12-13-14-24-31-35(32-25-18-15-19-26-32,33-27-20-16-21-28-33)34-29-22-17-23-30-34/h15-23,25-30H,2-14,24,31H2,1H3/q+1/i14D2. The van der Waals surface area contributed by atoms with Crippen LogP contribution >= 0.6 is 7.26 Å². The van der Waals surface area contributed by atoms with Crippen molar-refractivity contribution in [2.45, 2.75) is 96.8 Å². The zero-order valence-electron chi connectivity index (χ0n) is 24.0. The first-order chi connectivity index (χ1) is 18.1. The average molecular weight is 490 g/mol. The van der Waals surface area contributed by atoms with Gasteiger partial charge in [-0.05, 0) is 49.2 Å². The van der Waals surface area contributed by atoms with Crippen LogP contribution in [0, 0.1) is 0 Å². The van der Waals surface area contributed by atoms with Gasteiger partial charge >= 0.3 is 0 Å². The van der Waals surface area contributed by atoms with Gasteiger partial charge in [-0.3, -0.25) is 0 Å². The Morgan fingerprint density at radius 3 is 1.17 bits per heavy atom. The first kappa shape index (κ1) is 24.8. The topological polar surface area (TPSA) is 0 Å². The molecule has 0 N–H and O–H groups in total. The summed E-state index contributed by atoms with van der Waals surface area (Å²) >= 11 is 0. The molecule has 0 fully saturated rings. The van der Waals surface area contributed by atoms with E-state index < -0.39 is 13.6 Å². The molecule has 0 radical (unpaired) electrons. The van der Waals surface area contributed by atoms with Crippen LogP contribution in [0.25, 0.3) is 0 Å². The highest BCUT2D eigenvalue weighted by atomic mass is 31.2. The molecule has 0 unspecified atom stereocenters. The molecule has 3 aromatic carbocycles. The molecule has 188 valence electrons. The molecule has 0 aliphatic heterocycles. The maximum absolute atomic E-state index is 8.90. The maximum Gasteiger partial charge on any atom is 0.112 e. The molecular formula is C34H48P+. The van der Waals surface area contributed by atoms with Crippen LogP contribution in [-0.2, 0) is 0 Å². The highest BCUT2D eigenvalue weighted by molar-refractivity contribution is 7.95. The quantitative estimate of drug-likeness (QED) is 0.123. The van der Waals surface area contributed by atoms with Crippen molar-refractivity contribution in [1.29, 1.82) is 0 Å². The molecule has 0 aromatic heterocycles. The van der Waals surface area contributed by atoms with Crippen molar-refractivity contribution in [3.05, 3.63) is 91.0 Å². The van der Waals surface area contributed by atoms with Gasteiger partial charge < -0.3 is 0 Å². The number of hydrogen-bond donors (Lipinski definition) is 0. The fraction of sp³-hybridized carbons (Fsp3) is 0.471. The van der Waals surface area contributed by atoms with E-state index in [9.17, 15) is 0 Å². The van der Waals surface area contributed by atoms with Gasteiger partial charge in [0.05, 0.1) is 6.16 Å². The van der Waals surface area contributed by atoms with Crippen LogP contribution in [0.2, 0.25) is 0 Å². The van der Waals surface area contributed by atoms with E-state index in [4.69, 9.17) is 2.74 Å². The van der Waals surface area contributed by atoms with Crippen molar-refractivity contribution in [1.82, 2.24) is 0 Å². The summed E-state index contributed by atoms with van der Waals surface area (Å²) in [4.78, 5) is 0. The third kappa shape index (κ3) is 8.91. The van der Waals surface area contributed by atoms with Gasteiger partial charge in [-0.1, -0.05) is 139 Å². The van der Waals surface area contributed by atoms with Gasteiger partial charge in [0, 0.05) is 2.74 Å². The summed E-state index contributed by atoms with van der Waals surface area (Å²) in [6, 6.07) is 32.6. The van der Waals surface area contributed by atoms with Crippen molar-refractivity contribution < 1.29 is 2.74 Å². The maximum atomic E-state index is 8.90. The van der Waals surface area contributed by atoms with Crippen molar-refractivity contribution in [3.63, 3.8) is 0 Å². The molecule has 0 heterocycles. The van der Waals surface area contributed by atoms with E-state index in [-0.39, 0.29) is 0 Å². The van der Waals surface area contributed by atoms with Gasteiger partial charge in [0.15, 0.2) is 0 Å². The van der Waals surface area contributed by atoms with Crippen LogP contribution in [0.15, 0.2) is 91.0 Å². The van der Waals surface area contributed by atoms with E-state index in [2.05, 4.69) is 97.9 Å². The molecule has 0 amide bonds. The minimum atomic E-state index is -1.96. The first-order valence-electron chi connectivity index (χ1n) is 15.1. The summed E-state index contributed by atoms with van der Waals surface area (Å²) in [5, 5.41) is 4.04. The Morgan fingerprint density at radius 2 is 0.800 bits per heavy atom. The summed E-state index contributed by atoms with van der Waals surface area (Å²) in [7, 11) is -1.96. The second-order valence-electron chi connectivity index (χ2n) is 9.83. The van der Waals surface area contributed by atoms with Crippen molar-refractivity contribution in [2.75, 3.05) is 6.16 Å². The van der Waals surface area contributed by atoms with Gasteiger partial charge in [-0.2, -0.15) is 0 Å². The molecule has 0 saturated carbocycles. The Balaban J connectivity index is 1.60. The molecular weight excluding hydrogens is 439 g/mol. The van der Waals surface area contributed by atoms with Crippen LogP contribution in [0.3, 0.4) is 0 Å². The molecule has 0 bridgehead atoms. The second-order valence-corrected chi connectivity index (χ2v) is 13.4. The van der Waals surface area contributed by atoms with E-state index in [0.717, 1.165) is 19.0 Å². The molecule has 0 nitrogen and oxygen atoms in total. The number of benzene rings is 3. The molecule has 0 spiro atoms. The normalized spacial score (nSPS) is 12.8. The van der Waals surface area contributed by atoms with E-state index >= 15 is 0 Å². The summed E-state index contributed by atoms with van der Waals surface area (Å²) in [5.74, 6) is 0. The Morgan fingerprint density at radius 1 is 0.457 bits per heavy atom. The fourth-order valence-electron chi connectivity index (χ4n) is 5.17. The van der Waals surface area contributed by atoms with Crippen LogP contribution < -0.4 is 15.9 Å². The lowest BCUT2D eigenvalue weighted by atomic mass is 10.0. The van der Waals surface area contributed by atoms with Crippen LogP contribution in [-0.4, -0.2) is 6.16 Å². The molecule has 0 aliphatic carbocycles. The number of rotatable bonds is 18. The molecule has 35 heavy (non-hydrogen) atoms. The van der Waals surface area contributed by atoms with Gasteiger partial charge in [0.25, 0.3) is 0 Å². The SMILES string of the molecule is [2H]C([2H])(CCCCCCCCCCCCC)CC[P+](c1ccccc1)(c1ccccc1)c1ccccc1. The van der Waals surface area contributed by atoms with Crippen LogP contribution in [0.4, 0.5) is 0 Å². The van der Waals surface area contributed by atoms with Crippen molar-refractivity contribution in [3.8, 4) is 0 Å². The van der Waals surface area contributed by atoms with Gasteiger partial charge in [0.1, 0.15) is 23.2 Å². The summed E-state index contributed by atoms with van der Waals surface area (Å²) in [5.41, 5.74) is 0. The minimum Gasteiger partial charge on any atom is -0.0654 e. The Labute approximate surface area is 219 Å². The molecule has 1 heteroatoms. The van der Waals surface area contributed by atoms with Gasteiger partial charge in [0.2, 0.25) is 0 Å². The van der Waals surface area contributed by atoms with E-state index in [0.29, 0.717) is 12.8 Å². The minimum absolute atomic E-state index is 0.594. The third-order valence-electron chi connectivity index (χ3n) is 7.17. The average Bonchev–Trinajstić information content (AvgIpc) is 2.94. The number of hydrogen-bond acceptors (Lipinski definition) is 0. The highest BCUT2D eigenvalue weighted by Gasteiger charge is 2.44. The zero-order chi connectivity index (χ0) is 26.2. The van der Waals surface area contributed by atoms with Gasteiger partial charge in [-0.25, -0.2) is 0 Å². The lowest BCUT2D eigenvalue weighted by Gasteiger charge is -2.27. The van der Waals surface area contributed by atoms with Crippen LogP contribution in [0.5, 0.6) is 0 Å².